The number of aryl methyl sites for hydroxylation is 2. The number of hydrogen-bond acceptors (Lipinski definition) is 3. The van der Waals surface area contributed by atoms with E-state index in [2.05, 4.69) is 9.84 Å². The fourth-order valence-corrected chi connectivity index (χ4v) is 1.50. The van der Waals surface area contributed by atoms with Gasteiger partial charge < -0.3 is 4.74 Å². The lowest BCUT2D eigenvalue weighted by Crippen LogP contribution is -2.14. The molecule has 0 N–H and O–H groups in total. The monoisotopic (exact) mass is 196 g/mol. The van der Waals surface area contributed by atoms with Gasteiger partial charge in [0.15, 0.2) is 0 Å². The van der Waals surface area contributed by atoms with Crippen LogP contribution in [0.25, 0.3) is 0 Å². The first kappa shape index (κ1) is 10.8. The second-order valence-corrected chi connectivity index (χ2v) is 3.50. The predicted molar refractivity (Wildman–Crippen MR) is 53.0 cm³/mol. The average molecular weight is 196 g/mol. The van der Waals surface area contributed by atoms with E-state index >= 15 is 0 Å². The second-order valence-electron chi connectivity index (χ2n) is 3.50. The van der Waals surface area contributed by atoms with Crippen LogP contribution in [0.15, 0.2) is 6.07 Å². The smallest absolute Gasteiger partial charge is 0.307 e. The Morgan fingerprint density at radius 3 is 2.71 bits per heavy atom. The van der Waals surface area contributed by atoms with Gasteiger partial charge in [0.2, 0.25) is 0 Å². The first-order valence-corrected chi connectivity index (χ1v) is 4.64. The molecule has 1 aromatic heterocycles. The van der Waals surface area contributed by atoms with E-state index in [1.165, 1.54) is 7.11 Å². The molecular weight excluding hydrogens is 180 g/mol. The van der Waals surface area contributed by atoms with Crippen LogP contribution < -0.4 is 0 Å². The zero-order chi connectivity index (χ0) is 10.7. The molecular formula is C10H16N2O2. The molecule has 78 valence electrons. The number of rotatable bonds is 3. The van der Waals surface area contributed by atoms with Crippen LogP contribution >= 0.6 is 0 Å². The van der Waals surface area contributed by atoms with Crippen LogP contribution in [0.4, 0.5) is 0 Å². The number of nitrogens with zero attached hydrogens (tertiary/aromatic N) is 2. The SMILES string of the molecule is COC(=O)CC(C)n1nc(C)cc1C. The zero-order valence-electron chi connectivity index (χ0n) is 9.07. The Kier molecular flexibility index (Phi) is 3.28. The lowest BCUT2D eigenvalue weighted by atomic mass is 10.2. The average Bonchev–Trinajstić information content (AvgIpc) is 2.45. The molecule has 4 nitrogen and oxygen atoms in total. The standard InChI is InChI=1S/C10H16N2O2/c1-7-5-8(2)12(11-7)9(3)6-10(13)14-4/h5,9H,6H2,1-4H3. The fraction of sp³-hybridized carbons (Fsp3) is 0.600. The predicted octanol–water partition coefficient (Wildman–Crippen LogP) is 1.62. The molecule has 1 heterocycles. The summed E-state index contributed by atoms with van der Waals surface area (Å²) in [4.78, 5) is 11.1. The lowest BCUT2D eigenvalue weighted by Gasteiger charge is -2.12. The van der Waals surface area contributed by atoms with Crippen LogP contribution in [-0.4, -0.2) is 22.9 Å². The van der Waals surface area contributed by atoms with Gasteiger partial charge in [-0.15, -0.1) is 0 Å². The van der Waals surface area contributed by atoms with E-state index < -0.39 is 0 Å². The molecule has 14 heavy (non-hydrogen) atoms. The van der Waals surface area contributed by atoms with Crippen LogP contribution in [0.3, 0.4) is 0 Å². The normalized spacial score (nSPS) is 12.6. The molecule has 0 spiro atoms. The summed E-state index contributed by atoms with van der Waals surface area (Å²) in [6, 6.07) is 2.05. The highest BCUT2D eigenvalue weighted by Crippen LogP contribution is 2.14. The van der Waals surface area contributed by atoms with Crippen LogP contribution in [0.1, 0.15) is 30.8 Å². The Labute approximate surface area is 83.9 Å². The van der Waals surface area contributed by atoms with Crippen molar-refractivity contribution in [3.8, 4) is 0 Å². The van der Waals surface area contributed by atoms with Crippen molar-refractivity contribution in [1.82, 2.24) is 9.78 Å². The first-order valence-electron chi connectivity index (χ1n) is 4.64. The fourth-order valence-electron chi connectivity index (χ4n) is 1.50. The number of methoxy groups -OCH3 is 1. The summed E-state index contributed by atoms with van der Waals surface area (Å²) in [5.74, 6) is -0.204. The number of esters is 1. The van der Waals surface area contributed by atoms with Gasteiger partial charge in [-0.05, 0) is 26.8 Å². The molecule has 1 aromatic rings. The minimum absolute atomic E-state index is 0.0520. The van der Waals surface area contributed by atoms with Crippen molar-refractivity contribution < 1.29 is 9.53 Å². The lowest BCUT2D eigenvalue weighted by molar-refractivity contribution is -0.141. The van der Waals surface area contributed by atoms with Crippen LogP contribution in [0.5, 0.6) is 0 Å². The summed E-state index contributed by atoms with van der Waals surface area (Å²) >= 11 is 0. The van der Waals surface area contributed by atoms with E-state index in [4.69, 9.17) is 0 Å². The molecule has 0 radical (unpaired) electrons. The molecule has 0 amide bonds. The van der Waals surface area contributed by atoms with E-state index in [9.17, 15) is 4.79 Å². The highest BCUT2D eigenvalue weighted by molar-refractivity contribution is 5.69. The van der Waals surface area contributed by atoms with Gasteiger partial charge in [-0.1, -0.05) is 0 Å². The largest absolute Gasteiger partial charge is 0.469 e. The molecule has 0 aromatic carbocycles. The maximum Gasteiger partial charge on any atom is 0.307 e. The maximum atomic E-state index is 11.1. The van der Waals surface area contributed by atoms with Crippen molar-refractivity contribution in [3.63, 3.8) is 0 Å². The molecule has 0 saturated carbocycles. The maximum absolute atomic E-state index is 11.1. The van der Waals surface area contributed by atoms with Crippen LogP contribution in [-0.2, 0) is 9.53 Å². The summed E-state index contributed by atoms with van der Waals surface area (Å²) < 4.78 is 6.46. The third-order valence-corrected chi connectivity index (χ3v) is 2.15. The molecule has 0 fully saturated rings. The Morgan fingerprint density at radius 2 is 2.29 bits per heavy atom. The van der Waals surface area contributed by atoms with Crippen molar-refractivity contribution in [2.45, 2.75) is 33.2 Å². The number of carbonyl (C=O) groups excluding carboxylic acids is 1. The van der Waals surface area contributed by atoms with Gasteiger partial charge in [0.1, 0.15) is 0 Å². The van der Waals surface area contributed by atoms with E-state index in [-0.39, 0.29) is 12.0 Å². The molecule has 0 bridgehead atoms. The van der Waals surface area contributed by atoms with Gasteiger partial charge in [0.25, 0.3) is 0 Å². The highest BCUT2D eigenvalue weighted by Gasteiger charge is 2.13. The van der Waals surface area contributed by atoms with Gasteiger partial charge in [-0.25, -0.2) is 0 Å². The summed E-state index contributed by atoms with van der Waals surface area (Å²) in [7, 11) is 1.40. The van der Waals surface area contributed by atoms with Crippen molar-refractivity contribution in [2.75, 3.05) is 7.11 Å². The van der Waals surface area contributed by atoms with Crippen molar-refractivity contribution >= 4 is 5.97 Å². The number of aromatic nitrogens is 2. The van der Waals surface area contributed by atoms with Gasteiger partial charge >= 0.3 is 5.97 Å². The van der Waals surface area contributed by atoms with Crippen molar-refractivity contribution in [2.24, 2.45) is 0 Å². The molecule has 1 rings (SSSR count). The topological polar surface area (TPSA) is 44.1 Å². The third-order valence-electron chi connectivity index (χ3n) is 2.15. The molecule has 0 aliphatic rings. The summed E-state index contributed by atoms with van der Waals surface area (Å²) in [5, 5.41) is 4.31. The third kappa shape index (κ3) is 2.34. The number of ether oxygens (including phenoxy) is 1. The molecule has 1 unspecified atom stereocenters. The molecule has 0 aliphatic heterocycles. The van der Waals surface area contributed by atoms with E-state index in [0.29, 0.717) is 6.42 Å². The number of hydrogen-bond donors (Lipinski definition) is 0. The molecule has 0 saturated heterocycles. The second kappa shape index (κ2) is 4.26. The van der Waals surface area contributed by atoms with Gasteiger partial charge in [0, 0.05) is 5.69 Å². The van der Waals surface area contributed by atoms with Gasteiger partial charge in [-0.3, -0.25) is 9.48 Å². The highest BCUT2D eigenvalue weighted by atomic mass is 16.5. The Bertz CT molecular complexity index is 331. The molecule has 4 heteroatoms. The van der Waals surface area contributed by atoms with E-state index in [1.807, 2.05) is 31.5 Å². The summed E-state index contributed by atoms with van der Waals surface area (Å²) in [6.07, 6.45) is 0.360. The minimum atomic E-state index is -0.204. The van der Waals surface area contributed by atoms with E-state index in [1.54, 1.807) is 0 Å². The van der Waals surface area contributed by atoms with Crippen LogP contribution in [0, 0.1) is 13.8 Å². The Hall–Kier alpha value is -1.32. The molecule has 0 aliphatic carbocycles. The first-order chi connectivity index (χ1) is 6.54. The van der Waals surface area contributed by atoms with Crippen LogP contribution in [0.2, 0.25) is 0 Å². The van der Waals surface area contributed by atoms with Crippen molar-refractivity contribution in [3.05, 3.63) is 17.5 Å². The Morgan fingerprint density at radius 1 is 1.64 bits per heavy atom. The van der Waals surface area contributed by atoms with Crippen molar-refractivity contribution in [1.29, 1.82) is 0 Å². The van der Waals surface area contributed by atoms with E-state index in [0.717, 1.165) is 11.4 Å². The number of carbonyl (C=O) groups is 1. The summed E-state index contributed by atoms with van der Waals surface area (Å²) in [6.45, 7) is 5.87. The zero-order valence-corrected chi connectivity index (χ0v) is 9.07. The minimum Gasteiger partial charge on any atom is -0.469 e. The Balaban J connectivity index is 2.73. The van der Waals surface area contributed by atoms with Gasteiger partial charge in [-0.2, -0.15) is 5.10 Å². The summed E-state index contributed by atoms with van der Waals surface area (Å²) in [5.41, 5.74) is 2.04. The van der Waals surface area contributed by atoms with Gasteiger partial charge in [0.05, 0.1) is 25.3 Å². The molecule has 1 atom stereocenters. The quantitative estimate of drug-likeness (QED) is 0.690.